The molecule has 0 aromatic heterocycles. The van der Waals surface area contributed by atoms with Crippen LogP contribution < -0.4 is 9.80 Å². The van der Waals surface area contributed by atoms with Crippen LogP contribution in [0.25, 0.3) is 0 Å². The molecule has 0 amide bonds. The molecule has 1 atom stereocenters. The SMILES string of the molecule is Cc1ccc2c(c1C)N(Cc1ccccc1)C(C(=O)O)N2Cc1ccccc1. The van der Waals surface area contributed by atoms with Gasteiger partial charge in [-0.15, -0.1) is 0 Å². The van der Waals surface area contributed by atoms with E-state index < -0.39 is 12.1 Å². The maximum atomic E-state index is 12.4. The molecule has 3 aromatic rings. The first-order valence-electron chi connectivity index (χ1n) is 9.50. The van der Waals surface area contributed by atoms with Crippen LogP contribution in [0.4, 0.5) is 11.4 Å². The van der Waals surface area contributed by atoms with Crippen molar-refractivity contribution in [2.75, 3.05) is 9.80 Å². The zero-order valence-corrected chi connectivity index (χ0v) is 16.2. The highest BCUT2D eigenvalue weighted by Gasteiger charge is 2.41. The summed E-state index contributed by atoms with van der Waals surface area (Å²) < 4.78 is 0. The summed E-state index contributed by atoms with van der Waals surface area (Å²) in [5, 5.41) is 10.2. The molecule has 3 aromatic carbocycles. The normalized spacial score (nSPS) is 15.6. The minimum Gasteiger partial charge on any atom is -0.478 e. The van der Waals surface area contributed by atoms with Crippen LogP contribution in [0.1, 0.15) is 22.3 Å². The van der Waals surface area contributed by atoms with E-state index >= 15 is 0 Å². The fraction of sp³-hybridized carbons (Fsp3) is 0.208. The van der Waals surface area contributed by atoms with Crippen LogP contribution in [-0.4, -0.2) is 17.2 Å². The predicted molar refractivity (Wildman–Crippen MR) is 113 cm³/mol. The van der Waals surface area contributed by atoms with Crippen molar-refractivity contribution in [3.8, 4) is 0 Å². The smallest absolute Gasteiger partial charge is 0.347 e. The van der Waals surface area contributed by atoms with Crippen LogP contribution in [0, 0.1) is 13.8 Å². The molecule has 1 unspecified atom stereocenters. The van der Waals surface area contributed by atoms with Gasteiger partial charge in [0.05, 0.1) is 11.4 Å². The van der Waals surface area contributed by atoms with E-state index in [0.29, 0.717) is 13.1 Å². The van der Waals surface area contributed by atoms with Crippen LogP contribution in [0.3, 0.4) is 0 Å². The van der Waals surface area contributed by atoms with Crippen LogP contribution in [0.5, 0.6) is 0 Å². The van der Waals surface area contributed by atoms with Crippen molar-refractivity contribution in [2.24, 2.45) is 0 Å². The molecule has 1 heterocycles. The third kappa shape index (κ3) is 3.22. The number of carboxylic acids is 1. The summed E-state index contributed by atoms with van der Waals surface area (Å²) in [5.74, 6) is -0.833. The molecule has 142 valence electrons. The van der Waals surface area contributed by atoms with Crippen molar-refractivity contribution in [3.63, 3.8) is 0 Å². The Bertz CT molecular complexity index is 986. The first-order chi connectivity index (χ1) is 13.6. The van der Waals surface area contributed by atoms with Crippen LogP contribution in [0.2, 0.25) is 0 Å². The second-order valence-electron chi connectivity index (χ2n) is 7.31. The Morgan fingerprint density at radius 1 is 0.821 bits per heavy atom. The summed E-state index contributed by atoms with van der Waals surface area (Å²) in [7, 11) is 0. The van der Waals surface area contributed by atoms with E-state index in [9.17, 15) is 9.90 Å². The van der Waals surface area contributed by atoms with Gasteiger partial charge in [0.2, 0.25) is 6.17 Å². The number of anilines is 2. The standard InChI is InChI=1S/C24H24N2O2/c1-17-13-14-21-22(18(17)2)26(16-20-11-7-4-8-12-20)23(24(27)28)25(21)15-19-9-5-3-6-10-19/h3-14,23H,15-16H2,1-2H3,(H,27,28). The number of carbonyl (C=O) groups is 1. The number of hydrogen-bond acceptors (Lipinski definition) is 3. The molecule has 4 rings (SSSR count). The number of carboxylic acid groups (broad SMARTS) is 1. The van der Waals surface area contributed by atoms with Crippen molar-refractivity contribution >= 4 is 17.3 Å². The van der Waals surface area contributed by atoms with Gasteiger partial charge in [-0.05, 0) is 42.2 Å². The van der Waals surface area contributed by atoms with Crippen molar-refractivity contribution in [3.05, 3.63) is 95.1 Å². The van der Waals surface area contributed by atoms with E-state index in [0.717, 1.165) is 28.1 Å². The lowest BCUT2D eigenvalue weighted by Gasteiger charge is -2.30. The van der Waals surface area contributed by atoms with Gasteiger partial charge in [0.25, 0.3) is 0 Å². The molecule has 4 nitrogen and oxygen atoms in total. The highest BCUT2D eigenvalue weighted by Crippen LogP contribution is 2.44. The van der Waals surface area contributed by atoms with Gasteiger partial charge in [-0.25, -0.2) is 4.79 Å². The molecule has 0 radical (unpaired) electrons. The third-order valence-electron chi connectivity index (χ3n) is 5.48. The van der Waals surface area contributed by atoms with E-state index in [-0.39, 0.29) is 0 Å². The van der Waals surface area contributed by atoms with Gasteiger partial charge in [-0.2, -0.15) is 0 Å². The topological polar surface area (TPSA) is 43.8 Å². The average Bonchev–Trinajstić information content (AvgIpc) is 3.00. The van der Waals surface area contributed by atoms with E-state index in [2.05, 4.69) is 26.0 Å². The fourth-order valence-electron chi connectivity index (χ4n) is 3.97. The molecule has 1 N–H and O–H groups in total. The lowest BCUT2D eigenvalue weighted by molar-refractivity contribution is -0.138. The molecule has 4 heteroatoms. The summed E-state index contributed by atoms with van der Waals surface area (Å²) in [4.78, 5) is 16.4. The first kappa shape index (κ1) is 18.1. The minimum absolute atomic E-state index is 0.554. The van der Waals surface area contributed by atoms with Gasteiger partial charge in [0, 0.05) is 13.1 Å². The van der Waals surface area contributed by atoms with Crippen LogP contribution >= 0.6 is 0 Å². The Labute approximate surface area is 165 Å². The zero-order valence-electron chi connectivity index (χ0n) is 16.2. The molecule has 0 fully saturated rings. The van der Waals surface area contributed by atoms with Gasteiger partial charge >= 0.3 is 5.97 Å². The number of aryl methyl sites for hydroxylation is 1. The molecule has 1 aliphatic heterocycles. The van der Waals surface area contributed by atoms with E-state index in [1.807, 2.05) is 70.5 Å². The number of benzene rings is 3. The molecule has 28 heavy (non-hydrogen) atoms. The largest absolute Gasteiger partial charge is 0.478 e. The fourth-order valence-corrected chi connectivity index (χ4v) is 3.97. The van der Waals surface area contributed by atoms with Crippen LogP contribution in [-0.2, 0) is 17.9 Å². The number of aliphatic carboxylic acids is 1. The molecule has 0 saturated heterocycles. The third-order valence-corrected chi connectivity index (χ3v) is 5.48. The maximum Gasteiger partial charge on any atom is 0.347 e. The van der Waals surface area contributed by atoms with Crippen molar-refractivity contribution in [2.45, 2.75) is 33.1 Å². The van der Waals surface area contributed by atoms with Gasteiger partial charge in [0.1, 0.15) is 0 Å². The molecular formula is C24H24N2O2. The number of rotatable bonds is 5. The lowest BCUT2D eigenvalue weighted by atomic mass is 10.1. The Kier molecular flexibility index (Phi) is 4.78. The van der Waals surface area contributed by atoms with E-state index in [1.54, 1.807) is 0 Å². The molecule has 0 aliphatic carbocycles. The maximum absolute atomic E-state index is 12.4. The Morgan fingerprint density at radius 3 is 1.89 bits per heavy atom. The molecule has 1 aliphatic rings. The Balaban J connectivity index is 1.81. The predicted octanol–water partition coefficient (Wildman–Crippen LogP) is 4.74. The molecule has 0 spiro atoms. The lowest BCUT2D eigenvalue weighted by Crippen LogP contribution is -2.48. The number of hydrogen-bond donors (Lipinski definition) is 1. The van der Waals surface area contributed by atoms with Gasteiger partial charge in [-0.1, -0.05) is 66.7 Å². The van der Waals surface area contributed by atoms with Crippen LogP contribution in [0.15, 0.2) is 72.8 Å². The second-order valence-corrected chi connectivity index (χ2v) is 7.31. The van der Waals surface area contributed by atoms with Crippen molar-refractivity contribution in [1.29, 1.82) is 0 Å². The molecular weight excluding hydrogens is 348 g/mol. The quantitative estimate of drug-likeness (QED) is 0.702. The van der Waals surface area contributed by atoms with Crippen molar-refractivity contribution < 1.29 is 9.90 Å². The molecule has 0 saturated carbocycles. The minimum atomic E-state index is -0.833. The van der Waals surface area contributed by atoms with E-state index in [4.69, 9.17) is 0 Å². The highest BCUT2D eigenvalue weighted by molar-refractivity contribution is 5.92. The summed E-state index contributed by atoms with van der Waals surface area (Å²) in [5.41, 5.74) is 6.50. The number of nitrogens with zero attached hydrogens (tertiary/aromatic N) is 2. The average molecular weight is 372 g/mol. The summed E-state index contributed by atoms with van der Waals surface area (Å²) in [6, 6.07) is 24.2. The summed E-state index contributed by atoms with van der Waals surface area (Å²) >= 11 is 0. The molecule has 0 bridgehead atoms. The van der Waals surface area contributed by atoms with Gasteiger partial charge < -0.3 is 14.9 Å². The first-order valence-corrected chi connectivity index (χ1v) is 9.50. The van der Waals surface area contributed by atoms with Gasteiger partial charge in [0.15, 0.2) is 0 Å². The number of fused-ring (bicyclic) bond motifs is 1. The monoisotopic (exact) mass is 372 g/mol. The summed E-state index contributed by atoms with van der Waals surface area (Å²) in [6.07, 6.45) is -0.740. The Hall–Kier alpha value is -3.27. The zero-order chi connectivity index (χ0) is 19.7. The highest BCUT2D eigenvalue weighted by atomic mass is 16.4. The van der Waals surface area contributed by atoms with E-state index in [1.165, 1.54) is 5.56 Å². The Morgan fingerprint density at radius 2 is 1.36 bits per heavy atom. The van der Waals surface area contributed by atoms with Gasteiger partial charge in [-0.3, -0.25) is 0 Å². The summed E-state index contributed by atoms with van der Waals surface area (Å²) in [6.45, 7) is 5.27. The van der Waals surface area contributed by atoms with Crippen molar-refractivity contribution in [1.82, 2.24) is 0 Å². The second kappa shape index (κ2) is 7.39.